The van der Waals surface area contributed by atoms with Gasteiger partial charge in [-0.1, -0.05) is 18.2 Å². The number of sulfonamides is 1. The second-order valence-electron chi connectivity index (χ2n) is 8.53. The largest absolute Gasteiger partial charge is 0.419 e. The van der Waals surface area contributed by atoms with Crippen molar-refractivity contribution in [2.75, 3.05) is 37.6 Å². The van der Waals surface area contributed by atoms with Crippen LogP contribution in [0.3, 0.4) is 0 Å². The highest BCUT2D eigenvalue weighted by Crippen LogP contribution is 2.27. The second kappa shape index (κ2) is 8.41. The summed E-state index contributed by atoms with van der Waals surface area (Å²) in [5, 5.41) is 0. The van der Waals surface area contributed by atoms with Gasteiger partial charge in [0.15, 0.2) is 5.58 Å². The van der Waals surface area contributed by atoms with Gasteiger partial charge in [-0.3, -0.25) is 14.2 Å². The first-order chi connectivity index (χ1) is 16.3. The fourth-order valence-electron chi connectivity index (χ4n) is 4.56. The van der Waals surface area contributed by atoms with Gasteiger partial charge in [0.2, 0.25) is 21.8 Å². The van der Waals surface area contributed by atoms with Crippen molar-refractivity contribution in [3.63, 3.8) is 0 Å². The Morgan fingerprint density at radius 3 is 2.41 bits per heavy atom. The fraction of sp³-hybridized carbons (Fsp3) is 0.348. The van der Waals surface area contributed by atoms with Crippen LogP contribution < -0.4 is 10.7 Å². The summed E-state index contributed by atoms with van der Waals surface area (Å²) in [5.41, 5.74) is 1.48. The molecule has 2 aliphatic rings. The summed E-state index contributed by atoms with van der Waals surface area (Å²) in [5.74, 6) is -1.22. The number of nitrogens with zero attached hydrogens (tertiary/aromatic N) is 4. The van der Waals surface area contributed by atoms with E-state index in [4.69, 9.17) is 4.42 Å². The Balaban J connectivity index is 1.25. The highest BCUT2D eigenvalue weighted by Gasteiger charge is 2.39. The number of hydrogen-bond donors (Lipinski definition) is 0. The topological polar surface area (TPSA) is 113 Å². The van der Waals surface area contributed by atoms with Crippen molar-refractivity contribution >= 4 is 38.6 Å². The van der Waals surface area contributed by atoms with Crippen LogP contribution in [0.15, 0.2) is 62.6 Å². The third-order valence-corrected chi connectivity index (χ3v) is 8.39. The van der Waals surface area contributed by atoms with Gasteiger partial charge in [-0.2, -0.15) is 4.31 Å². The Morgan fingerprint density at radius 2 is 1.71 bits per heavy atom. The van der Waals surface area contributed by atoms with E-state index in [1.54, 1.807) is 22.9 Å². The molecule has 11 heteroatoms. The van der Waals surface area contributed by atoms with Crippen molar-refractivity contribution in [3.8, 4) is 0 Å². The number of aryl methyl sites for hydroxylation is 1. The van der Waals surface area contributed by atoms with Crippen LogP contribution in [-0.2, 0) is 26.7 Å². The molecule has 2 fully saturated rings. The van der Waals surface area contributed by atoms with Crippen LogP contribution in [0.5, 0.6) is 0 Å². The number of oxazole rings is 1. The van der Waals surface area contributed by atoms with Crippen LogP contribution in [0.1, 0.15) is 6.42 Å². The third-order valence-electron chi connectivity index (χ3n) is 6.49. The maximum absolute atomic E-state index is 13.1. The number of carbonyl (C=O) groups is 2. The Kier molecular flexibility index (Phi) is 5.53. The second-order valence-corrected chi connectivity index (χ2v) is 10.5. The van der Waals surface area contributed by atoms with Gasteiger partial charge in [0.05, 0.1) is 16.3 Å². The van der Waals surface area contributed by atoms with Gasteiger partial charge >= 0.3 is 5.76 Å². The van der Waals surface area contributed by atoms with Crippen molar-refractivity contribution in [1.82, 2.24) is 13.8 Å². The zero-order valence-electron chi connectivity index (χ0n) is 18.6. The van der Waals surface area contributed by atoms with Gasteiger partial charge in [0.1, 0.15) is 0 Å². The van der Waals surface area contributed by atoms with Crippen molar-refractivity contribution < 1.29 is 22.4 Å². The summed E-state index contributed by atoms with van der Waals surface area (Å²) in [6.45, 7) is 1.11. The molecular formula is C23H24N4O6S. The number of para-hydroxylation sites is 1. The minimum Gasteiger partial charge on any atom is -0.408 e. The Labute approximate surface area is 196 Å². The normalized spacial score (nSPS) is 19.8. The number of amides is 2. The van der Waals surface area contributed by atoms with Crippen LogP contribution in [0.2, 0.25) is 0 Å². The number of aromatic nitrogens is 1. The molecule has 0 saturated carbocycles. The lowest BCUT2D eigenvalue weighted by Gasteiger charge is -2.35. The average Bonchev–Trinajstić information content (AvgIpc) is 3.38. The lowest BCUT2D eigenvalue weighted by Crippen LogP contribution is -2.52. The van der Waals surface area contributed by atoms with Gasteiger partial charge in [0, 0.05) is 57.9 Å². The Bertz CT molecular complexity index is 1420. The minimum absolute atomic E-state index is 0.0361. The molecule has 1 atom stereocenters. The van der Waals surface area contributed by atoms with Gasteiger partial charge in [-0.15, -0.1) is 0 Å². The van der Waals surface area contributed by atoms with E-state index in [0.717, 1.165) is 5.69 Å². The van der Waals surface area contributed by atoms with E-state index in [1.807, 2.05) is 30.3 Å². The zero-order valence-corrected chi connectivity index (χ0v) is 19.4. The molecule has 2 saturated heterocycles. The lowest BCUT2D eigenvalue weighted by atomic mass is 10.1. The quantitative estimate of drug-likeness (QED) is 0.546. The highest BCUT2D eigenvalue weighted by atomic mass is 32.2. The summed E-state index contributed by atoms with van der Waals surface area (Å²) in [6, 6.07) is 13.6. The van der Waals surface area contributed by atoms with E-state index < -0.39 is 21.7 Å². The smallest absolute Gasteiger partial charge is 0.408 e. The number of benzene rings is 2. The predicted molar refractivity (Wildman–Crippen MR) is 124 cm³/mol. The molecule has 2 aliphatic heterocycles. The van der Waals surface area contributed by atoms with Crippen LogP contribution in [-0.4, -0.2) is 66.7 Å². The van der Waals surface area contributed by atoms with E-state index in [-0.39, 0.29) is 54.9 Å². The van der Waals surface area contributed by atoms with Crippen molar-refractivity contribution in [2.45, 2.75) is 11.3 Å². The first-order valence-corrected chi connectivity index (χ1v) is 12.4. The van der Waals surface area contributed by atoms with E-state index in [1.165, 1.54) is 21.0 Å². The summed E-state index contributed by atoms with van der Waals surface area (Å²) in [4.78, 5) is 40.5. The number of carbonyl (C=O) groups excluding carboxylic acids is 2. The molecule has 0 aliphatic carbocycles. The lowest BCUT2D eigenvalue weighted by molar-refractivity contribution is -0.136. The number of rotatable bonds is 4. The van der Waals surface area contributed by atoms with E-state index in [9.17, 15) is 22.8 Å². The fourth-order valence-corrected chi connectivity index (χ4v) is 6.00. The van der Waals surface area contributed by atoms with Gasteiger partial charge in [0.25, 0.3) is 0 Å². The third kappa shape index (κ3) is 3.80. The Morgan fingerprint density at radius 1 is 1.00 bits per heavy atom. The molecule has 5 rings (SSSR count). The number of hydrogen-bond acceptors (Lipinski definition) is 6. The predicted octanol–water partition coefficient (Wildman–Crippen LogP) is 1.02. The molecule has 178 valence electrons. The molecule has 2 amide bonds. The molecule has 3 heterocycles. The number of piperazine rings is 1. The molecular weight excluding hydrogens is 460 g/mol. The van der Waals surface area contributed by atoms with E-state index in [2.05, 4.69) is 0 Å². The minimum atomic E-state index is -3.82. The average molecular weight is 485 g/mol. The molecule has 0 bridgehead atoms. The van der Waals surface area contributed by atoms with E-state index in [0.29, 0.717) is 12.1 Å². The molecule has 1 aromatic heterocycles. The molecule has 10 nitrogen and oxygen atoms in total. The van der Waals surface area contributed by atoms with Crippen LogP contribution in [0, 0.1) is 5.92 Å². The maximum Gasteiger partial charge on any atom is 0.419 e. The molecule has 0 N–H and O–H groups in total. The number of fused-ring (bicyclic) bond motifs is 1. The molecule has 2 aromatic carbocycles. The SMILES string of the molecule is Cn1c(=O)oc2cc(S(=O)(=O)N3CCN(C(=O)C4CC(=O)N(c5ccccc5)C4)CC3)ccc21. The summed E-state index contributed by atoms with van der Waals surface area (Å²) in [7, 11) is -2.27. The molecule has 34 heavy (non-hydrogen) atoms. The molecule has 1 unspecified atom stereocenters. The summed E-state index contributed by atoms with van der Waals surface area (Å²) < 4.78 is 34.0. The Hall–Kier alpha value is -3.44. The van der Waals surface area contributed by atoms with Gasteiger partial charge in [-0.25, -0.2) is 13.2 Å². The standard InChI is InChI=1S/C23H24N4O6S/c1-24-19-8-7-18(14-20(19)33-23(24)30)34(31,32)26-11-9-25(10-12-26)22(29)16-13-21(28)27(15-16)17-5-3-2-4-6-17/h2-8,14,16H,9-13,15H2,1H3. The van der Waals surface area contributed by atoms with Crippen LogP contribution in [0.4, 0.5) is 5.69 Å². The molecule has 0 radical (unpaired) electrons. The van der Waals surface area contributed by atoms with Crippen LogP contribution >= 0.6 is 0 Å². The summed E-state index contributed by atoms with van der Waals surface area (Å²) in [6.07, 6.45) is 0.147. The molecule has 3 aromatic rings. The zero-order chi connectivity index (χ0) is 24.0. The maximum atomic E-state index is 13.1. The first-order valence-electron chi connectivity index (χ1n) is 11.0. The highest BCUT2D eigenvalue weighted by molar-refractivity contribution is 7.89. The first kappa shape index (κ1) is 22.4. The van der Waals surface area contributed by atoms with Crippen LogP contribution in [0.25, 0.3) is 11.1 Å². The van der Waals surface area contributed by atoms with Crippen molar-refractivity contribution in [3.05, 3.63) is 59.1 Å². The van der Waals surface area contributed by atoms with E-state index >= 15 is 0 Å². The van der Waals surface area contributed by atoms with Gasteiger partial charge < -0.3 is 14.2 Å². The van der Waals surface area contributed by atoms with Crippen molar-refractivity contribution in [1.29, 1.82) is 0 Å². The summed E-state index contributed by atoms with van der Waals surface area (Å²) >= 11 is 0. The monoisotopic (exact) mass is 484 g/mol. The van der Waals surface area contributed by atoms with Crippen molar-refractivity contribution in [2.24, 2.45) is 13.0 Å². The number of anilines is 1. The van der Waals surface area contributed by atoms with Gasteiger partial charge in [-0.05, 0) is 24.3 Å². The molecule has 0 spiro atoms.